The Morgan fingerprint density at radius 2 is 1.70 bits per heavy atom. The zero-order valence-electron chi connectivity index (χ0n) is 31.8. The van der Waals surface area contributed by atoms with E-state index in [2.05, 4.69) is 64.4 Å². The Kier molecular flexibility index (Phi) is 9.04. The van der Waals surface area contributed by atoms with Crippen molar-refractivity contribution >= 4 is 17.4 Å². The number of benzene rings is 1. The molecule has 5 aliphatic carbocycles. The third-order valence-electron chi connectivity index (χ3n) is 16.8. The second kappa shape index (κ2) is 12.6. The number of likely N-dealkylation sites (tertiary alicyclic amines) is 1. The van der Waals surface area contributed by atoms with Gasteiger partial charge in [0.05, 0.1) is 5.56 Å². The van der Waals surface area contributed by atoms with Crippen molar-refractivity contribution < 1.29 is 19.1 Å². The number of hydrogen-bond donors (Lipinski definition) is 2. The zero-order chi connectivity index (χ0) is 35.9. The Morgan fingerprint density at radius 3 is 2.38 bits per heavy atom. The van der Waals surface area contributed by atoms with E-state index in [1.165, 1.54) is 68.2 Å². The quantitative estimate of drug-likeness (QED) is 0.211. The number of rotatable bonds is 8. The van der Waals surface area contributed by atoms with Crippen molar-refractivity contribution in [3.05, 3.63) is 53.4 Å². The molecule has 0 spiro atoms. The minimum atomic E-state index is -1.22. The molecule has 6 aliphatic rings. The highest BCUT2D eigenvalue weighted by molar-refractivity contribution is 5.88. The van der Waals surface area contributed by atoms with Crippen LogP contribution in [-0.4, -0.2) is 48.1 Å². The fourth-order valence-electron chi connectivity index (χ4n) is 14.2. The number of carbonyl (C=O) groups is 2. The molecule has 6 heteroatoms. The van der Waals surface area contributed by atoms with Gasteiger partial charge in [0.25, 0.3) is 0 Å². The van der Waals surface area contributed by atoms with Crippen molar-refractivity contribution in [2.24, 2.45) is 56.7 Å². The molecular weight excluding hydrogens is 623 g/mol. The number of carbonyl (C=O) groups excluding carboxylic acids is 1. The Bertz CT molecular complexity index is 1580. The molecule has 9 atom stereocenters. The highest BCUT2D eigenvalue weighted by atomic mass is 19.1. The molecule has 50 heavy (non-hydrogen) atoms. The maximum absolute atomic E-state index is 14.9. The minimum Gasteiger partial charge on any atom is -0.478 e. The predicted octanol–water partition coefficient (Wildman–Crippen LogP) is 9.78. The van der Waals surface area contributed by atoms with Gasteiger partial charge < -0.3 is 15.3 Å². The molecule has 5 nitrogen and oxygen atoms in total. The van der Waals surface area contributed by atoms with Gasteiger partial charge in [-0.1, -0.05) is 58.9 Å². The largest absolute Gasteiger partial charge is 0.478 e. The molecule has 0 bridgehead atoms. The molecule has 2 N–H and O–H groups in total. The summed E-state index contributed by atoms with van der Waals surface area (Å²) in [6.45, 7) is 23.2. The van der Waals surface area contributed by atoms with Crippen LogP contribution < -0.4 is 5.32 Å². The number of nitrogens with zero attached hydrogens (tertiary/aromatic N) is 1. The minimum absolute atomic E-state index is 0.148. The van der Waals surface area contributed by atoms with Gasteiger partial charge in [0.15, 0.2) is 0 Å². The number of amides is 1. The first-order chi connectivity index (χ1) is 23.6. The molecule has 1 aliphatic heterocycles. The van der Waals surface area contributed by atoms with Gasteiger partial charge in [-0.15, -0.1) is 0 Å². The molecule has 0 radical (unpaired) electrons. The monoisotopic (exact) mass is 686 g/mol. The fourth-order valence-corrected chi connectivity index (χ4v) is 14.2. The van der Waals surface area contributed by atoms with Crippen LogP contribution in [0, 0.1) is 62.5 Å². The molecule has 0 aromatic heterocycles. The fraction of sp³-hybridized carbons (Fsp3) is 0.727. The second-order valence-electron chi connectivity index (χ2n) is 19.1. The molecule has 4 saturated carbocycles. The highest BCUT2D eigenvalue weighted by Gasteiger charge is 2.70. The molecule has 274 valence electrons. The lowest BCUT2D eigenvalue weighted by Crippen LogP contribution is -2.65. The third-order valence-corrected chi connectivity index (χ3v) is 16.8. The van der Waals surface area contributed by atoms with Crippen LogP contribution in [0.15, 0.2) is 36.4 Å². The van der Waals surface area contributed by atoms with Crippen molar-refractivity contribution in [3.63, 3.8) is 0 Å². The maximum Gasteiger partial charge on any atom is 0.338 e. The van der Waals surface area contributed by atoms with E-state index in [1.54, 1.807) is 0 Å². The lowest BCUT2D eigenvalue weighted by molar-refractivity contribution is -0.225. The van der Waals surface area contributed by atoms with Crippen molar-refractivity contribution in [1.82, 2.24) is 10.2 Å². The van der Waals surface area contributed by atoms with Gasteiger partial charge in [0.1, 0.15) is 5.82 Å². The highest BCUT2D eigenvalue weighted by Crippen LogP contribution is 2.77. The Morgan fingerprint density at radius 1 is 0.960 bits per heavy atom. The summed E-state index contributed by atoms with van der Waals surface area (Å²) >= 11 is 0. The average molecular weight is 687 g/mol. The van der Waals surface area contributed by atoms with Crippen LogP contribution in [0.3, 0.4) is 0 Å². The summed E-state index contributed by atoms with van der Waals surface area (Å²) in [4.78, 5) is 26.4. The van der Waals surface area contributed by atoms with Gasteiger partial charge >= 0.3 is 5.97 Å². The number of hydrogen-bond acceptors (Lipinski definition) is 3. The Balaban J connectivity index is 1.14. The lowest BCUT2D eigenvalue weighted by Gasteiger charge is -2.72. The predicted molar refractivity (Wildman–Crippen MR) is 199 cm³/mol. The van der Waals surface area contributed by atoms with E-state index in [-0.39, 0.29) is 32.6 Å². The molecule has 5 fully saturated rings. The molecule has 1 aromatic carbocycles. The third kappa shape index (κ3) is 5.30. The topological polar surface area (TPSA) is 69.6 Å². The van der Waals surface area contributed by atoms with Gasteiger partial charge in [-0.2, -0.15) is 0 Å². The molecule has 9 unspecified atom stereocenters. The van der Waals surface area contributed by atoms with E-state index in [0.29, 0.717) is 41.9 Å². The van der Waals surface area contributed by atoms with E-state index in [0.717, 1.165) is 57.4 Å². The van der Waals surface area contributed by atoms with Gasteiger partial charge in [0, 0.05) is 32.6 Å². The lowest BCUT2D eigenvalue weighted by atomic mass is 9.32. The Labute approximate surface area is 300 Å². The number of nitrogens with one attached hydrogen (secondary N) is 1. The van der Waals surface area contributed by atoms with E-state index >= 15 is 0 Å². The first kappa shape index (κ1) is 35.9. The maximum atomic E-state index is 14.9. The molecular formula is C44H63FN2O3. The standard InChI is InChI=1S/C44H63FN2O3/c1-28(2)30-14-20-44(27-46-23-17-37(48)47-24-8-9-25-47)22-21-42(6)33(38(30)44)12-13-36-41(5)18-15-32(29-10-11-31(39(49)50)34(45)26-29)40(3,4)35(41)16-19-43(36,42)7/h10-11,15,26,30,33,35-36,38,46H,1,8-9,12-14,16-25,27H2,2-7H3,(H,49,50). The number of carboxylic acid groups (broad SMARTS) is 1. The van der Waals surface area contributed by atoms with Crippen LogP contribution in [-0.2, 0) is 4.79 Å². The zero-order valence-corrected chi connectivity index (χ0v) is 31.8. The first-order valence-corrected chi connectivity index (χ1v) is 20.0. The van der Waals surface area contributed by atoms with Crippen LogP contribution in [0.1, 0.15) is 135 Å². The summed E-state index contributed by atoms with van der Waals surface area (Å²) in [7, 11) is 0. The second-order valence-corrected chi connectivity index (χ2v) is 19.1. The average Bonchev–Trinajstić information content (AvgIpc) is 3.72. The number of halogens is 1. The van der Waals surface area contributed by atoms with Gasteiger partial charge in [-0.25, -0.2) is 9.18 Å². The van der Waals surface area contributed by atoms with Crippen molar-refractivity contribution in [2.45, 2.75) is 119 Å². The van der Waals surface area contributed by atoms with Crippen LogP contribution >= 0.6 is 0 Å². The van der Waals surface area contributed by atoms with E-state index < -0.39 is 11.8 Å². The summed E-state index contributed by atoms with van der Waals surface area (Å²) in [5.41, 5.74) is 3.88. The molecule has 1 heterocycles. The van der Waals surface area contributed by atoms with Crippen molar-refractivity contribution in [3.8, 4) is 0 Å². The van der Waals surface area contributed by atoms with Crippen LogP contribution in [0.4, 0.5) is 4.39 Å². The van der Waals surface area contributed by atoms with Crippen molar-refractivity contribution in [2.75, 3.05) is 26.2 Å². The summed E-state index contributed by atoms with van der Waals surface area (Å²) in [5.74, 6) is 1.42. The van der Waals surface area contributed by atoms with Gasteiger partial charge in [-0.3, -0.25) is 4.79 Å². The van der Waals surface area contributed by atoms with Crippen LogP contribution in [0.2, 0.25) is 0 Å². The molecule has 1 amide bonds. The number of allylic oxidation sites excluding steroid dienone is 3. The van der Waals surface area contributed by atoms with Gasteiger partial charge in [0.2, 0.25) is 5.91 Å². The van der Waals surface area contributed by atoms with E-state index in [4.69, 9.17) is 0 Å². The van der Waals surface area contributed by atoms with Gasteiger partial charge in [-0.05, 0) is 157 Å². The number of carboxylic acids is 1. The normalized spacial score (nSPS) is 40.3. The smallest absolute Gasteiger partial charge is 0.338 e. The van der Waals surface area contributed by atoms with Crippen LogP contribution in [0.25, 0.3) is 5.57 Å². The van der Waals surface area contributed by atoms with Crippen molar-refractivity contribution in [1.29, 1.82) is 0 Å². The molecule has 1 aromatic rings. The van der Waals surface area contributed by atoms with E-state index in [9.17, 15) is 19.1 Å². The Hall–Kier alpha value is -2.47. The first-order valence-electron chi connectivity index (χ1n) is 20.0. The number of fused-ring (bicyclic) bond motifs is 7. The summed E-state index contributed by atoms with van der Waals surface area (Å²) in [5, 5.41) is 13.3. The molecule has 7 rings (SSSR count). The SMILES string of the molecule is C=C(C)C1CCC2(CNCCC(=O)N3CCCC3)CCC3(C)C(CCC4C5(C)CC=C(c6ccc(C(=O)O)c(F)c6)C(C)(C)C5CCC43C)C12. The summed E-state index contributed by atoms with van der Waals surface area (Å²) in [6, 6.07) is 4.70. The summed E-state index contributed by atoms with van der Waals surface area (Å²) < 4.78 is 14.9. The number of aromatic carboxylic acids is 1. The van der Waals surface area contributed by atoms with E-state index in [1.807, 2.05) is 6.07 Å². The summed E-state index contributed by atoms with van der Waals surface area (Å²) in [6.07, 6.45) is 16.3. The molecule has 1 saturated heterocycles. The van der Waals surface area contributed by atoms with Crippen LogP contribution in [0.5, 0.6) is 0 Å².